The van der Waals surface area contributed by atoms with E-state index >= 15 is 0 Å². The highest BCUT2D eigenvalue weighted by molar-refractivity contribution is 5.96. The molecule has 2 aromatic rings. The minimum absolute atomic E-state index is 0.0128. The lowest BCUT2D eigenvalue weighted by Crippen LogP contribution is -2.29. The van der Waals surface area contributed by atoms with Gasteiger partial charge in [0.1, 0.15) is 0 Å². The molecule has 130 valence electrons. The SMILES string of the molecule is O=C(O)c1ccc(NC(=O)C(c2ccccc2)C2CCCCC2)cc1. The van der Waals surface area contributed by atoms with Crippen LogP contribution in [0.25, 0.3) is 0 Å². The molecule has 4 heteroatoms. The molecule has 0 bridgehead atoms. The van der Waals surface area contributed by atoms with Crippen LogP contribution in [0.5, 0.6) is 0 Å². The third-order valence-electron chi connectivity index (χ3n) is 4.96. The number of aromatic carboxylic acids is 1. The molecule has 25 heavy (non-hydrogen) atoms. The Morgan fingerprint density at radius 2 is 1.56 bits per heavy atom. The topological polar surface area (TPSA) is 66.4 Å². The molecule has 1 unspecified atom stereocenters. The summed E-state index contributed by atoms with van der Waals surface area (Å²) >= 11 is 0. The van der Waals surface area contributed by atoms with Crippen LogP contribution in [0.2, 0.25) is 0 Å². The molecule has 0 spiro atoms. The van der Waals surface area contributed by atoms with Gasteiger partial charge in [-0.1, -0.05) is 49.6 Å². The number of carbonyl (C=O) groups is 2. The predicted octanol–water partition coefficient (Wildman–Crippen LogP) is 4.69. The number of amides is 1. The molecule has 0 radical (unpaired) electrons. The summed E-state index contributed by atoms with van der Waals surface area (Å²) in [5.41, 5.74) is 1.89. The molecule has 0 aliphatic heterocycles. The van der Waals surface area contributed by atoms with Gasteiger partial charge in [0.05, 0.1) is 11.5 Å². The maximum Gasteiger partial charge on any atom is 0.335 e. The minimum atomic E-state index is -0.970. The molecule has 0 heterocycles. The quantitative estimate of drug-likeness (QED) is 0.832. The van der Waals surface area contributed by atoms with Crippen molar-refractivity contribution >= 4 is 17.6 Å². The van der Waals surface area contributed by atoms with Crippen LogP contribution >= 0.6 is 0 Å². The van der Waals surface area contributed by atoms with Crippen molar-refractivity contribution in [1.82, 2.24) is 0 Å². The van der Waals surface area contributed by atoms with Crippen LogP contribution in [0.15, 0.2) is 54.6 Å². The van der Waals surface area contributed by atoms with Crippen LogP contribution in [0.3, 0.4) is 0 Å². The third-order valence-corrected chi connectivity index (χ3v) is 4.96. The number of hydrogen-bond donors (Lipinski definition) is 2. The lowest BCUT2D eigenvalue weighted by atomic mass is 9.76. The molecular formula is C21H23NO3. The monoisotopic (exact) mass is 337 g/mol. The molecule has 1 amide bonds. The second-order valence-corrected chi connectivity index (χ2v) is 6.66. The first-order valence-electron chi connectivity index (χ1n) is 8.84. The maximum atomic E-state index is 13.0. The number of benzene rings is 2. The molecule has 1 saturated carbocycles. The smallest absolute Gasteiger partial charge is 0.335 e. The number of carboxylic acid groups (broad SMARTS) is 1. The standard InChI is InChI=1S/C21H23NO3/c23-20(22-18-13-11-17(12-14-18)21(24)25)19(15-7-3-1-4-8-15)16-9-5-2-6-10-16/h1,3-4,7-8,11-14,16,19H,2,5-6,9-10H2,(H,22,23)(H,24,25). The summed E-state index contributed by atoms with van der Waals surface area (Å²) in [6, 6.07) is 16.3. The molecular weight excluding hydrogens is 314 g/mol. The molecule has 2 N–H and O–H groups in total. The molecule has 3 rings (SSSR count). The van der Waals surface area contributed by atoms with Crippen molar-refractivity contribution in [2.75, 3.05) is 5.32 Å². The van der Waals surface area contributed by atoms with Crippen molar-refractivity contribution in [3.05, 3.63) is 65.7 Å². The second kappa shape index (κ2) is 7.97. The predicted molar refractivity (Wildman–Crippen MR) is 97.8 cm³/mol. The highest BCUT2D eigenvalue weighted by Gasteiger charge is 2.30. The fourth-order valence-corrected chi connectivity index (χ4v) is 3.68. The molecule has 0 aromatic heterocycles. The van der Waals surface area contributed by atoms with Gasteiger partial charge in [-0.25, -0.2) is 4.79 Å². The van der Waals surface area contributed by atoms with Crippen molar-refractivity contribution in [3.8, 4) is 0 Å². The van der Waals surface area contributed by atoms with E-state index in [-0.39, 0.29) is 17.4 Å². The van der Waals surface area contributed by atoms with E-state index in [1.165, 1.54) is 31.4 Å². The van der Waals surface area contributed by atoms with Crippen LogP contribution in [0.1, 0.15) is 53.9 Å². The minimum Gasteiger partial charge on any atom is -0.478 e. The van der Waals surface area contributed by atoms with Crippen LogP contribution in [-0.2, 0) is 4.79 Å². The first kappa shape index (κ1) is 17.2. The Hall–Kier alpha value is -2.62. The summed E-state index contributed by atoms with van der Waals surface area (Å²) in [6.07, 6.45) is 5.75. The highest BCUT2D eigenvalue weighted by Crippen LogP contribution is 2.36. The lowest BCUT2D eigenvalue weighted by molar-refractivity contribution is -0.119. The van der Waals surface area contributed by atoms with Gasteiger partial charge >= 0.3 is 5.97 Å². The van der Waals surface area contributed by atoms with Gasteiger partial charge in [0.2, 0.25) is 5.91 Å². The fraction of sp³-hybridized carbons (Fsp3) is 0.333. The molecule has 1 atom stereocenters. The van der Waals surface area contributed by atoms with Crippen LogP contribution in [0, 0.1) is 5.92 Å². The molecule has 1 aliphatic rings. The highest BCUT2D eigenvalue weighted by atomic mass is 16.4. The Morgan fingerprint density at radius 1 is 0.920 bits per heavy atom. The van der Waals surface area contributed by atoms with Crippen molar-refractivity contribution in [1.29, 1.82) is 0 Å². The van der Waals surface area contributed by atoms with Crippen molar-refractivity contribution < 1.29 is 14.7 Å². The van der Waals surface area contributed by atoms with E-state index in [4.69, 9.17) is 5.11 Å². The molecule has 1 fully saturated rings. The zero-order chi connectivity index (χ0) is 17.6. The normalized spacial score (nSPS) is 16.2. The Morgan fingerprint density at radius 3 is 2.16 bits per heavy atom. The zero-order valence-electron chi connectivity index (χ0n) is 14.2. The number of carbonyl (C=O) groups excluding carboxylic acids is 1. The van der Waals surface area contributed by atoms with Gasteiger partial charge in [0.15, 0.2) is 0 Å². The first-order chi connectivity index (χ1) is 12.1. The van der Waals surface area contributed by atoms with Crippen molar-refractivity contribution in [3.63, 3.8) is 0 Å². The van der Waals surface area contributed by atoms with Crippen LogP contribution in [-0.4, -0.2) is 17.0 Å². The van der Waals surface area contributed by atoms with Gasteiger partial charge in [0.25, 0.3) is 0 Å². The molecule has 1 aliphatic carbocycles. The number of anilines is 1. The molecule has 0 saturated heterocycles. The average molecular weight is 337 g/mol. The van der Waals surface area contributed by atoms with Crippen molar-refractivity contribution in [2.45, 2.75) is 38.0 Å². The summed E-state index contributed by atoms with van der Waals surface area (Å²) in [5, 5.41) is 11.9. The summed E-state index contributed by atoms with van der Waals surface area (Å²) in [7, 11) is 0. The third kappa shape index (κ3) is 4.27. The summed E-state index contributed by atoms with van der Waals surface area (Å²) < 4.78 is 0. The summed E-state index contributed by atoms with van der Waals surface area (Å²) in [5.74, 6) is -0.793. The number of carboxylic acids is 1. The van der Waals surface area contributed by atoms with E-state index in [0.717, 1.165) is 18.4 Å². The van der Waals surface area contributed by atoms with E-state index in [0.29, 0.717) is 11.6 Å². The van der Waals surface area contributed by atoms with Crippen molar-refractivity contribution in [2.24, 2.45) is 5.92 Å². The van der Waals surface area contributed by atoms with Gasteiger partial charge in [-0.05, 0) is 48.6 Å². The number of rotatable bonds is 5. The number of hydrogen-bond acceptors (Lipinski definition) is 2. The van der Waals surface area contributed by atoms with Crippen LogP contribution in [0.4, 0.5) is 5.69 Å². The van der Waals surface area contributed by atoms with E-state index < -0.39 is 5.97 Å². The Labute approximate surface area is 147 Å². The molecule has 2 aromatic carbocycles. The van der Waals surface area contributed by atoms with Gasteiger partial charge in [0, 0.05) is 5.69 Å². The van der Waals surface area contributed by atoms with Gasteiger partial charge in [-0.3, -0.25) is 4.79 Å². The zero-order valence-corrected chi connectivity index (χ0v) is 14.2. The van der Waals surface area contributed by atoms with E-state index in [1.807, 2.05) is 30.3 Å². The first-order valence-corrected chi connectivity index (χ1v) is 8.84. The van der Waals surface area contributed by atoms with Gasteiger partial charge in [-0.15, -0.1) is 0 Å². The number of nitrogens with one attached hydrogen (secondary N) is 1. The Balaban J connectivity index is 1.80. The summed E-state index contributed by atoms with van der Waals surface area (Å²) in [6.45, 7) is 0. The Bertz CT molecular complexity index is 719. The van der Waals surface area contributed by atoms with E-state index in [9.17, 15) is 9.59 Å². The van der Waals surface area contributed by atoms with Gasteiger partial charge < -0.3 is 10.4 Å². The lowest BCUT2D eigenvalue weighted by Gasteiger charge is -2.29. The summed E-state index contributed by atoms with van der Waals surface area (Å²) in [4.78, 5) is 24.0. The van der Waals surface area contributed by atoms with E-state index in [2.05, 4.69) is 5.32 Å². The second-order valence-electron chi connectivity index (χ2n) is 6.66. The average Bonchev–Trinajstić information content (AvgIpc) is 2.64. The largest absolute Gasteiger partial charge is 0.478 e. The fourth-order valence-electron chi connectivity index (χ4n) is 3.68. The van der Waals surface area contributed by atoms with E-state index in [1.54, 1.807) is 12.1 Å². The van der Waals surface area contributed by atoms with Crippen LogP contribution < -0.4 is 5.32 Å². The van der Waals surface area contributed by atoms with Gasteiger partial charge in [-0.2, -0.15) is 0 Å². The maximum absolute atomic E-state index is 13.0. The Kier molecular flexibility index (Phi) is 5.49. The molecule has 4 nitrogen and oxygen atoms in total.